The van der Waals surface area contributed by atoms with Crippen molar-refractivity contribution in [3.63, 3.8) is 0 Å². The smallest absolute Gasteiger partial charge is 0.100 e. The number of rotatable bonds is 8. The molecule has 0 aliphatic rings. The van der Waals surface area contributed by atoms with Crippen LogP contribution in [-0.2, 0) is 0 Å². The molecule has 0 aromatic heterocycles. The summed E-state index contributed by atoms with van der Waals surface area (Å²) in [6.07, 6.45) is 2.47. The van der Waals surface area contributed by atoms with Crippen LogP contribution < -0.4 is 12.4 Å². The maximum absolute atomic E-state index is 4.07. The van der Waals surface area contributed by atoms with E-state index in [0.717, 1.165) is 17.6 Å². The van der Waals surface area contributed by atoms with Crippen LogP contribution in [0.5, 0.6) is 0 Å². The van der Waals surface area contributed by atoms with E-state index in [1.165, 1.54) is 37.1 Å². The highest BCUT2D eigenvalue weighted by Crippen LogP contribution is 2.15. The first-order valence-electron chi connectivity index (χ1n) is 6.09. The highest BCUT2D eigenvalue weighted by molar-refractivity contribution is 4.92. The summed E-state index contributed by atoms with van der Waals surface area (Å²) >= 11 is 0. The van der Waals surface area contributed by atoms with Gasteiger partial charge in [-0.05, 0) is 37.8 Å². The summed E-state index contributed by atoms with van der Waals surface area (Å²) in [4.78, 5) is 0. The van der Waals surface area contributed by atoms with Gasteiger partial charge in [0.15, 0.2) is 0 Å². The van der Waals surface area contributed by atoms with E-state index < -0.39 is 0 Å². The molecule has 0 bridgehead atoms. The van der Waals surface area contributed by atoms with Crippen molar-refractivity contribution in [2.45, 2.75) is 40.5 Å². The van der Waals surface area contributed by atoms with Gasteiger partial charge in [-0.2, -0.15) is 0 Å². The molecule has 0 amide bonds. The molecular weight excluding hydrogens is 218 g/mol. The summed E-state index contributed by atoms with van der Waals surface area (Å²) in [5, 5.41) is 0. The fraction of sp³-hybridized carbons (Fsp3) is 0.714. The van der Waals surface area contributed by atoms with Gasteiger partial charge in [-0.15, -0.1) is 0 Å². The van der Waals surface area contributed by atoms with Crippen LogP contribution in [0.15, 0.2) is 24.3 Å². The second-order valence-electron chi connectivity index (χ2n) is 5.02. The summed E-state index contributed by atoms with van der Waals surface area (Å²) in [5.74, 6) is 0. The largest absolute Gasteiger partial charge is 1.00 e. The van der Waals surface area contributed by atoms with Gasteiger partial charge in [-0.3, -0.25) is 0 Å². The Morgan fingerprint density at radius 2 is 1.19 bits per heavy atom. The highest BCUT2D eigenvalue weighted by Gasteiger charge is 2.25. The van der Waals surface area contributed by atoms with E-state index in [9.17, 15) is 0 Å². The van der Waals surface area contributed by atoms with Crippen LogP contribution in [-0.4, -0.2) is 30.7 Å². The Kier molecular flexibility index (Phi) is 10.00. The third kappa shape index (κ3) is 7.08. The van der Waals surface area contributed by atoms with Crippen LogP contribution in [0.25, 0.3) is 0 Å². The molecule has 0 saturated carbocycles. The lowest BCUT2D eigenvalue weighted by Crippen LogP contribution is -3.00. The van der Waals surface area contributed by atoms with Gasteiger partial charge in [0.2, 0.25) is 0 Å². The quantitative estimate of drug-likeness (QED) is 0.438. The fourth-order valence-electron chi connectivity index (χ4n) is 2.58. The van der Waals surface area contributed by atoms with Crippen molar-refractivity contribution in [3.8, 4) is 0 Å². The minimum Gasteiger partial charge on any atom is -1.00 e. The minimum atomic E-state index is 0. The van der Waals surface area contributed by atoms with Gasteiger partial charge >= 0.3 is 0 Å². The van der Waals surface area contributed by atoms with E-state index in [2.05, 4.69) is 40.9 Å². The molecule has 0 fully saturated rings. The van der Waals surface area contributed by atoms with Crippen LogP contribution in [0.4, 0.5) is 0 Å². The van der Waals surface area contributed by atoms with Crippen molar-refractivity contribution in [1.29, 1.82) is 0 Å². The highest BCUT2D eigenvalue weighted by atomic mass is 35.5. The molecule has 0 aliphatic carbocycles. The molecule has 2 heteroatoms. The maximum atomic E-state index is 4.07. The van der Waals surface area contributed by atoms with Gasteiger partial charge in [-0.25, -0.2) is 0 Å². The molecule has 1 nitrogen and oxygen atoms in total. The molecule has 0 radical (unpaired) electrons. The van der Waals surface area contributed by atoms with Gasteiger partial charge in [0, 0.05) is 0 Å². The zero-order chi connectivity index (χ0) is 11.9. The van der Waals surface area contributed by atoms with Crippen molar-refractivity contribution in [3.05, 3.63) is 24.3 Å². The average Bonchev–Trinajstić information content (AvgIpc) is 2.01. The van der Waals surface area contributed by atoms with Crippen LogP contribution in [0.3, 0.4) is 0 Å². The van der Waals surface area contributed by atoms with Gasteiger partial charge in [0.1, 0.15) is 13.1 Å². The Bertz CT molecular complexity index is 197. The molecule has 0 rings (SSSR count). The van der Waals surface area contributed by atoms with E-state index in [-0.39, 0.29) is 12.4 Å². The predicted octanol–water partition coefficient (Wildman–Crippen LogP) is 0.779. The van der Waals surface area contributed by atoms with E-state index in [1.807, 2.05) is 0 Å². The van der Waals surface area contributed by atoms with Crippen LogP contribution >= 0.6 is 0 Å². The number of hydrogen-bond donors (Lipinski definition) is 0. The zero-order valence-electron chi connectivity index (χ0n) is 11.5. The van der Waals surface area contributed by atoms with E-state index in [0.29, 0.717) is 0 Å². The van der Waals surface area contributed by atoms with Gasteiger partial charge in [0.25, 0.3) is 0 Å². The van der Waals surface area contributed by atoms with Gasteiger partial charge < -0.3 is 16.9 Å². The van der Waals surface area contributed by atoms with Crippen molar-refractivity contribution in [2.24, 2.45) is 0 Å². The SMILES string of the molecule is C=C(C)C[N+](CCC)(CCC)CC(=C)C.[Cl-]. The van der Waals surface area contributed by atoms with E-state index in [4.69, 9.17) is 0 Å². The number of halogens is 1. The number of hydrogen-bond acceptors (Lipinski definition) is 0. The lowest BCUT2D eigenvalue weighted by molar-refractivity contribution is -0.919. The summed E-state index contributed by atoms with van der Waals surface area (Å²) < 4.78 is 1.15. The standard InChI is InChI=1S/C14H28N.ClH/c1-7-9-15(10-8-2,11-13(3)4)12-14(5)6;/h3,5,7-12H2,1-2,4,6H3;1H/q+1;/p-1. The third-order valence-corrected chi connectivity index (χ3v) is 2.61. The molecule has 0 heterocycles. The Hall–Kier alpha value is -0.270. The lowest BCUT2D eigenvalue weighted by atomic mass is 10.1. The van der Waals surface area contributed by atoms with Crippen molar-refractivity contribution < 1.29 is 16.9 Å². The molecule has 0 spiro atoms. The predicted molar refractivity (Wildman–Crippen MR) is 69.9 cm³/mol. The molecule has 0 aliphatic heterocycles. The summed E-state index contributed by atoms with van der Waals surface area (Å²) in [6, 6.07) is 0. The van der Waals surface area contributed by atoms with Crippen LogP contribution in [0.2, 0.25) is 0 Å². The van der Waals surface area contributed by atoms with E-state index in [1.54, 1.807) is 0 Å². The van der Waals surface area contributed by atoms with Gasteiger partial charge in [-0.1, -0.05) is 27.0 Å². The first-order chi connectivity index (χ1) is 6.95. The molecule has 0 atom stereocenters. The minimum absolute atomic E-state index is 0. The van der Waals surface area contributed by atoms with Crippen molar-refractivity contribution in [1.82, 2.24) is 0 Å². The van der Waals surface area contributed by atoms with Crippen molar-refractivity contribution in [2.75, 3.05) is 26.2 Å². The first-order valence-corrected chi connectivity index (χ1v) is 6.09. The first kappa shape index (κ1) is 18.1. The monoisotopic (exact) mass is 245 g/mol. The molecule has 16 heavy (non-hydrogen) atoms. The molecule has 0 unspecified atom stereocenters. The average molecular weight is 246 g/mol. The summed E-state index contributed by atoms with van der Waals surface area (Å²) in [7, 11) is 0. The Morgan fingerprint density at radius 3 is 1.38 bits per heavy atom. The van der Waals surface area contributed by atoms with Crippen LogP contribution in [0, 0.1) is 0 Å². The summed E-state index contributed by atoms with van der Waals surface area (Å²) in [5.41, 5.74) is 2.58. The normalized spacial score (nSPS) is 10.8. The van der Waals surface area contributed by atoms with E-state index >= 15 is 0 Å². The Labute approximate surface area is 108 Å². The molecule has 0 N–H and O–H groups in total. The topological polar surface area (TPSA) is 0 Å². The molecular formula is C14H28ClN. The number of quaternary nitrogens is 1. The van der Waals surface area contributed by atoms with Crippen LogP contribution in [0.1, 0.15) is 40.5 Å². The number of nitrogens with zero attached hydrogens (tertiary/aromatic N) is 1. The molecule has 0 aromatic rings. The molecule has 0 saturated heterocycles. The second kappa shape index (κ2) is 8.83. The molecule has 96 valence electrons. The van der Waals surface area contributed by atoms with Crippen molar-refractivity contribution >= 4 is 0 Å². The Balaban J connectivity index is 0. The Morgan fingerprint density at radius 1 is 0.875 bits per heavy atom. The third-order valence-electron chi connectivity index (χ3n) is 2.61. The second-order valence-corrected chi connectivity index (χ2v) is 5.02. The van der Waals surface area contributed by atoms with Gasteiger partial charge in [0.05, 0.1) is 13.1 Å². The zero-order valence-corrected chi connectivity index (χ0v) is 12.2. The maximum Gasteiger partial charge on any atom is 0.100 e. The fourth-order valence-corrected chi connectivity index (χ4v) is 2.58. The summed E-state index contributed by atoms with van der Waals surface area (Å²) in [6.45, 7) is 21.6. The molecule has 0 aromatic carbocycles. The lowest BCUT2D eigenvalue weighted by Gasteiger charge is -2.39.